The molecular formula is C12H22N2O3S. The first-order chi connectivity index (χ1) is 8.50. The SMILES string of the molecule is CC1CCCCC1NC(=O)CSCC(N)C(=O)O. The molecule has 0 heterocycles. The zero-order chi connectivity index (χ0) is 13.5. The number of carbonyl (C=O) groups is 2. The van der Waals surface area contributed by atoms with Crippen LogP contribution in [0.5, 0.6) is 0 Å². The summed E-state index contributed by atoms with van der Waals surface area (Å²) >= 11 is 1.27. The normalized spacial score (nSPS) is 25.4. The molecule has 0 aromatic rings. The van der Waals surface area contributed by atoms with Crippen LogP contribution < -0.4 is 11.1 Å². The molecule has 3 unspecified atom stereocenters. The Morgan fingerprint density at radius 1 is 1.44 bits per heavy atom. The third kappa shape index (κ3) is 5.27. The maximum absolute atomic E-state index is 11.7. The molecular weight excluding hydrogens is 252 g/mol. The Hall–Kier alpha value is -0.750. The first-order valence-electron chi connectivity index (χ1n) is 6.36. The van der Waals surface area contributed by atoms with E-state index in [2.05, 4.69) is 12.2 Å². The lowest BCUT2D eigenvalue weighted by molar-refractivity contribution is -0.138. The highest BCUT2D eigenvalue weighted by atomic mass is 32.2. The van der Waals surface area contributed by atoms with Crippen LogP contribution in [0, 0.1) is 5.92 Å². The van der Waals surface area contributed by atoms with Crippen LogP contribution in [0.15, 0.2) is 0 Å². The van der Waals surface area contributed by atoms with Crippen LogP contribution in [-0.2, 0) is 9.59 Å². The predicted molar refractivity (Wildman–Crippen MR) is 72.5 cm³/mol. The van der Waals surface area contributed by atoms with Crippen molar-refractivity contribution in [2.75, 3.05) is 11.5 Å². The van der Waals surface area contributed by atoms with Gasteiger partial charge in [-0.25, -0.2) is 0 Å². The van der Waals surface area contributed by atoms with Gasteiger partial charge < -0.3 is 16.2 Å². The minimum absolute atomic E-state index is 0.0173. The van der Waals surface area contributed by atoms with Crippen LogP contribution in [0.25, 0.3) is 0 Å². The number of aliphatic carboxylic acids is 1. The standard InChI is InChI=1S/C12H22N2O3S/c1-8-4-2-3-5-10(8)14-11(15)7-18-6-9(13)12(16)17/h8-10H,2-7,13H2,1H3,(H,14,15)(H,16,17). The Bertz CT molecular complexity index is 299. The van der Waals surface area contributed by atoms with Gasteiger partial charge in [0.05, 0.1) is 5.75 Å². The first kappa shape index (κ1) is 15.3. The number of carboxylic acids is 1. The Labute approximate surface area is 112 Å². The smallest absolute Gasteiger partial charge is 0.321 e. The van der Waals surface area contributed by atoms with Gasteiger partial charge in [-0.2, -0.15) is 0 Å². The molecule has 104 valence electrons. The summed E-state index contributed by atoms with van der Waals surface area (Å²) in [6.45, 7) is 2.16. The second kappa shape index (κ2) is 7.63. The van der Waals surface area contributed by atoms with E-state index in [1.54, 1.807) is 0 Å². The topological polar surface area (TPSA) is 92.4 Å². The molecule has 6 heteroatoms. The van der Waals surface area contributed by atoms with E-state index in [0.717, 1.165) is 6.42 Å². The molecule has 0 bridgehead atoms. The zero-order valence-corrected chi connectivity index (χ0v) is 11.5. The Kier molecular flexibility index (Phi) is 6.49. The van der Waals surface area contributed by atoms with Crippen LogP contribution in [0.2, 0.25) is 0 Å². The summed E-state index contributed by atoms with van der Waals surface area (Å²) in [6, 6.07) is -0.614. The van der Waals surface area contributed by atoms with Gasteiger partial charge in [0.1, 0.15) is 6.04 Å². The largest absolute Gasteiger partial charge is 0.480 e. The zero-order valence-electron chi connectivity index (χ0n) is 10.7. The van der Waals surface area contributed by atoms with Crippen molar-refractivity contribution in [3.05, 3.63) is 0 Å². The van der Waals surface area contributed by atoms with Gasteiger partial charge in [0, 0.05) is 11.8 Å². The summed E-state index contributed by atoms with van der Waals surface area (Å²) in [5.74, 6) is 0.0433. The minimum Gasteiger partial charge on any atom is -0.480 e. The Balaban J connectivity index is 2.19. The van der Waals surface area contributed by atoms with Crippen molar-refractivity contribution in [1.82, 2.24) is 5.32 Å². The highest BCUT2D eigenvalue weighted by Gasteiger charge is 2.22. The van der Waals surface area contributed by atoms with Crippen molar-refractivity contribution in [3.63, 3.8) is 0 Å². The lowest BCUT2D eigenvalue weighted by atomic mass is 9.86. The first-order valence-corrected chi connectivity index (χ1v) is 7.51. The van der Waals surface area contributed by atoms with Crippen molar-refractivity contribution in [2.45, 2.75) is 44.7 Å². The van der Waals surface area contributed by atoms with E-state index in [1.165, 1.54) is 31.0 Å². The minimum atomic E-state index is -1.02. The third-order valence-electron chi connectivity index (χ3n) is 3.31. The Morgan fingerprint density at radius 3 is 2.72 bits per heavy atom. The summed E-state index contributed by atoms with van der Waals surface area (Å²) in [7, 11) is 0. The summed E-state index contributed by atoms with van der Waals surface area (Å²) in [4.78, 5) is 22.2. The molecule has 0 spiro atoms. The summed E-state index contributed by atoms with van der Waals surface area (Å²) in [5.41, 5.74) is 5.36. The molecule has 1 saturated carbocycles. The third-order valence-corrected chi connectivity index (χ3v) is 4.37. The molecule has 0 aromatic carbocycles. The lowest BCUT2D eigenvalue weighted by Gasteiger charge is -2.29. The quantitative estimate of drug-likeness (QED) is 0.667. The number of nitrogens with one attached hydrogen (secondary N) is 1. The predicted octanol–water partition coefficient (Wildman–Crippen LogP) is 0.826. The Morgan fingerprint density at radius 2 is 2.11 bits per heavy atom. The molecule has 0 aromatic heterocycles. The van der Waals surface area contributed by atoms with Gasteiger partial charge in [0.2, 0.25) is 5.91 Å². The number of hydrogen-bond acceptors (Lipinski definition) is 4. The molecule has 1 aliphatic rings. The molecule has 0 saturated heterocycles. The molecule has 1 aliphatic carbocycles. The van der Waals surface area contributed by atoms with E-state index in [-0.39, 0.29) is 23.5 Å². The van der Waals surface area contributed by atoms with Crippen LogP contribution in [0.4, 0.5) is 0 Å². The summed E-state index contributed by atoms with van der Waals surface area (Å²) in [5, 5.41) is 11.6. The van der Waals surface area contributed by atoms with E-state index in [4.69, 9.17) is 10.8 Å². The van der Waals surface area contributed by atoms with Crippen molar-refractivity contribution >= 4 is 23.6 Å². The monoisotopic (exact) mass is 274 g/mol. The molecule has 5 nitrogen and oxygen atoms in total. The molecule has 18 heavy (non-hydrogen) atoms. The van der Waals surface area contributed by atoms with E-state index in [1.807, 2.05) is 0 Å². The second-order valence-electron chi connectivity index (χ2n) is 4.90. The maximum atomic E-state index is 11.7. The van der Waals surface area contributed by atoms with Gasteiger partial charge >= 0.3 is 5.97 Å². The molecule has 1 fully saturated rings. The molecule has 0 radical (unpaired) electrons. The maximum Gasteiger partial charge on any atom is 0.321 e. The number of hydrogen-bond donors (Lipinski definition) is 3. The average Bonchev–Trinajstić information content (AvgIpc) is 2.32. The molecule has 4 N–H and O–H groups in total. The number of carbonyl (C=O) groups excluding carboxylic acids is 1. The van der Waals surface area contributed by atoms with E-state index in [9.17, 15) is 9.59 Å². The van der Waals surface area contributed by atoms with Crippen molar-refractivity contribution < 1.29 is 14.7 Å². The van der Waals surface area contributed by atoms with Gasteiger partial charge in [-0.3, -0.25) is 9.59 Å². The van der Waals surface area contributed by atoms with Gasteiger partial charge in [0.25, 0.3) is 0 Å². The van der Waals surface area contributed by atoms with Gasteiger partial charge in [0.15, 0.2) is 0 Å². The van der Waals surface area contributed by atoms with E-state index in [0.29, 0.717) is 5.92 Å². The van der Waals surface area contributed by atoms with E-state index < -0.39 is 12.0 Å². The van der Waals surface area contributed by atoms with Gasteiger partial charge in [-0.1, -0.05) is 19.8 Å². The van der Waals surface area contributed by atoms with Crippen molar-refractivity contribution in [1.29, 1.82) is 0 Å². The molecule has 3 atom stereocenters. The van der Waals surface area contributed by atoms with Gasteiger partial charge in [-0.15, -0.1) is 11.8 Å². The fraction of sp³-hybridized carbons (Fsp3) is 0.833. The van der Waals surface area contributed by atoms with Crippen LogP contribution in [0.1, 0.15) is 32.6 Å². The van der Waals surface area contributed by atoms with E-state index >= 15 is 0 Å². The number of amides is 1. The van der Waals surface area contributed by atoms with Gasteiger partial charge in [-0.05, 0) is 18.8 Å². The number of thioether (sulfide) groups is 1. The fourth-order valence-corrected chi connectivity index (χ4v) is 2.91. The van der Waals surface area contributed by atoms with Crippen molar-refractivity contribution in [2.24, 2.45) is 11.7 Å². The number of carboxylic acid groups (broad SMARTS) is 1. The second-order valence-corrected chi connectivity index (χ2v) is 5.93. The van der Waals surface area contributed by atoms with Crippen LogP contribution >= 0.6 is 11.8 Å². The summed E-state index contributed by atoms with van der Waals surface area (Å²) < 4.78 is 0. The highest BCUT2D eigenvalue weighted by molar-refractivity contribution is 8.00. The molecule has 0 aliphatic heterocycles. The number of nitrogens with two attached hydrogens (primary N) is 1. The van der Waals surface area contributed by atoms with Crippen molar-refractivity contribution in [3.8, 4) is 0 Å². The van der Waals surface area contributed by atoms with Crippen LogP contribution in [0.3, 0.4) is 0 Å². The lowest BCUT2D eigenvalue weighted by Crippen LogP contribution is -2.42. The average molecular weight is 274 g/mol. The molecule has 1 rings (SSSR count). The van der Waals surface area contributed by atoms with Crippen LogP contribution in [-0.4, -0.2) is 40.6 Å². The summed E-state index contributed by atoms with van der Waals surface area (Å²) in [6.07, 6.45) is 4.64. The molecule has 1 amide bonds. The highest BCUT2D eigenvalue weighted by Crippen LogP contribution is 2.23. The number of rotatable bonds is 6. The fourth-order valence-electron chi connectivity index (χ4n) is 2.13.